The maximum Gasteiger partial charge on any atom is 0.590 e. The zero-order chi connectivity index (χ0) is 32.0. The van der Waals surface area contributed by atoms with Crippen molar-refractivity contribution in [1.29, 1.82) is 0 Å². The van der Waals surface area contributed by atoms with Crippen molar-refractivity contribution < 1.29 is 41.9 Å². The molecular weight excluding hydrogens is 642 g/mol. The molecule has 1 unspecified atom stereocenters. The summed E-state index contributed by atoms with van der Waals surface area (Å²) in [5.41, 5.74) is 2.40. The Morgan fingerprint density at radius 2 is 1.20 bits per heavy atom. The number of para-hydroxylation sites is 2. The predicted octanol–water partition coefficient (Wildman–Crippen LogP) is 7.87. The fourth-order valence-corrected chi connectivity index (χ4v) is 6.30. The average molecular weight is 671 g/mol. The van der Waals surface area contributed by atoms with E-state index in [4.69, 9.17) is 51.0 Å². The molecule has 0 aliphatic carbocycles. The van der Waals surface area contributed by atoms with Gasteiger partial charge in [0.05, 0.1) is 11.1 Å². The first kappa shape index (κ1) is 32.5. The fourth-order valence-electron chi connectivity index (χ4n) is 4.28. The molecule has 0 radical (unpaired) electrons. The zero-order valence-corrected chi connectivity index (χ0v) is 26.6. The van der Waals surface area contributed by atoms with Gasteiger partial charge in [-0.3, -0.25) is 0 Å². The second kappa shape index (κ2) is 14.1. The van der Waals surface area contributed by atoms with Crippen molar-refractivity contribution in [3.05, 3.63) is 131 Å². The van der Waals surface area contributed by atoms with Crippen LogP contribution in [0.5, 0.6) is 11.5 Å². The molecule has 4 aromatic rings. The Kier molecular flexibility index (Phi) is 10.2. The van der Waals surface area contributed by atoms with Crippen LogP contribution in [0.4, 0.5) is 0 Å². The molecule has 1 aliphatic heterocycles. The highest BCUT2D eigenvalue weighted by Crippen LogP contribution is 2.55. The molecule has 1 fully saturated rings. The molecule has 0 saturated carbocycles. The van der Waals surface area contributed by atoms with Gasteiger partial charge in [0.1, 0.15) is 24.2 Å². The molecule has 1 heterocycles. The van der Waals surface area contributed by atoms with Gasteiger partial charge in [-0.25, -0.2) is 18.7 Å². The summed E-state index contributed by atoms with van der Waals surface area (Å²) >= 11 is 13.6. The van der Waals surface area contributed by atoms with E-state index in [1.54, 1.807) is 109 Å². The predicted molar refractivity (Wildman–Crippen MR) is 168 cm³/mol. The molecule has 12 heteroatoms. The summed E-state index contributed by atoms with van der Waals surface area (Å²) in [6.07, 6.45) is -4.43. The Hall–Kier alpha value is -3.85. The van der Waals surface area contributed by atoms with Crippen LogP contribution in [0.1, 0.15) is 31.8 Å². The van der Waals surface area contributed by atoms with Gasteiger partial charge in [0.2, 0.25) is 10.6 Å². The van der Waals surface area contributed by atoms with Gasteiger partial charge >= 0.3 is 19.8 Å². The van der Waals surface area contributed by atoms with E-state index in [0.29, 0.717) is 5.56 Å². The van der Waals surface area contributed by atoms with Crippen LogP contribution < -0.4 is 9.05 Å². The molecule has 0 spiro atoms. The van der Waals surface area contributed by atoms with Gasteiger partial charge in [0.25, 0.3) is 0 Å². The molecule has 45 heavy (non-hydrogen) atoms. The number of phosphoric acid groups is 1. The summed E-state index contributed by atoms with van der Waals surface area (Å²) in [7, 11) is -4.58. The second-order valence-electron chi connectivity index (χ2n) is 10.2. The molecule has 4 aromatic carbocycles. The van der Waals surface area contributed by atoms with Gasteiger partial charge in [-0.15, -0.1) is 0 Å². The van der Waals surface area contributed by atoms with Crippen molar-refractivity contribution in [3.8, 4) is 11.5 Å². The third-order valence-corrected chi connectivity index (χ3v) is 8.77. The molecule has 3 atom stereocenters. The first-order chi connectivity index (χ1) is 21.5. The van der Waals surface area contributed by atoms with E-state index in [1.165, 1.54) is 0 Å². The van der Waals surface area contributed by atoms with Crippen LogP contribution >= 0.6 is 31.0 Å². The van der Waals surface area contributed by atoms with Gasteiger partial charge in [-0.2, -0.15) is 0 Å². The minimum Gasteiger partial charge on any atom is -0.459 e. The normalized spacial score (nSPS) is 19.0. The molecule has 0 amide bonds. The summed E-state index contributed by atoms with van der Waals surface area (Å²) in [5, 5.41) is 0. The van der Waals surface area contributed by atoms with Crippen LogP contribution in [0.15, 0.2) is 109 Å². The summed E-state index contributed by atoms with van der Waals surface area (Å²) < 4.78 is 46.2. The van der Waals surface area contributed by atoms with Crippen LogP contribution in [-0.2, 0) is 23.3 Å². The lowest BCUT2D eigenvalue weighted by Gasteiger charge is -2.28. The SMILES string of the molecule is Cc1ccc(C(=O)OC[C@@H]2OC(OP(=O)(Oc3ccccc3)Oc3ccccc3)C(Cl)(Cl)[C@@H]2OC(=O)c2ccc(C)cc2)cc1. The maximum atomic E-state index is 14.1. The molecule has 0 N–H and O–H groups in total. The number of ether oxygens (including phenoxy) is 3. The number of benzene rings is 4. The summed E-state index contributed by atoms with van der Waals surface area (Å²) in [6, 6.07) is 29.7. The fraction of sp³-hybridized carbons (Fsp3) is 0.212. The van der Waals surface area contributed by atoms with E-state index >= 15 is 0 Å². The Labute approximate surface area is 270 Å². The van der Waals surface area contributed by atoms with Gasteiger partial charge in [0, 0.05) is 0 Å². The number of esters is 2. The molecule has 1 aliphatic rings. The van der Waals surface area contributed by atoms with Gasteiger partial charge < -0.3 is 23.3 Å². The summed E-state index contributed by atoms with van der Waals surface area (Å²) in [6.45, 7) is 3.32. The number of carbonyl (C=O) groups excluding carboxylic acids is 2. The summed E-state index contributed by atoms with van der Waals surface area (Å²) in [4.78, 5) is 26.0. The van der Waals surface area contributed by atoms with E-state index in [1.807, 2.05) is 13.8 Å². The number of carbonyl (C=O) groups is 2. The number of alkyl halides is 2. The molecular formula is C33H29Cl2O9P. The molecule has 234 valence electrons. The van der Waals surface area contributed by atoms with Crippen LogP contribution in [0, 0.1) is 13.8 Å². The van der Waals surface area contributed by atoms with Crippen molar-refractivity contribution in [3.63, 3.8) is 0 Å². The Balaban J connectivity index is 1.41. The molecule has 0 aromatic heterocycles. The van der Waals surface area contributed by atoms with Crippen LogP contribution in [0.2, 0.25) is 0 Å². The first-order valence-corrected chi connectivity index (χ1v) is 16.1. The lowest BCUT2D eigenvalue weighted by molar-refractivity contribution is -0.105. The van der Waals surface area contributed by atoms with Crippen LogP contribution in [0.3, 0.4) is 0 Å². The highest BCUT2D eigenvalue weighted by atomic mass is 35.5. The maximum absolute atomic E-state index is 14.1. The monoisotopic (exact) mass is 670 g/mol. The number of hydrogen-bond donors (Lipinski definition) is 0. The number of aryl methyl sites for hydroxylation is 2. The lowest BCUT2D eigenvalue weighted by atomic mass is 10.1. The van der Waals surface area contributed by atoms with E-state index in [-0.39, 0.29) is 17.1 Å². The minimum absolute atomic E-state index is 0.162. The average Bonchev–Trinajstić information content (AvgIpc) is 3.25. The molecule has 9 nitrogen and oxygen atoms in total. The number of hydrogen-bond acceptors (Lipinski definition) is 9. The van der Waals surface area contributed by atoms with Crippen molar-refractivity contribution in [2.75, 3.05) is 6.61 Å². The minimum atomic E-state index is -4.58. The van der Waals surface area contributed by atoms with Crippen molar-refractivity contribution in [2.45, 2.75) is 36.7 Å². The number of phosphoric ester groups is 1. The van der Waals surface area contributed by atoms with Gasteiger partial charge in [-0.05, 0) is 62.4 Å². The van der Waals surface area contributed by atoms with E-state index < -0.39 is 49.2 Å². The third kappa shape index (κ3) is 8.25. The van der Waals surface area contributed by atoms with Crippen LogP contribution in [0.25, 0.3) is 0 Å². The van der Waals surface area contributed by atoms with Crippen LogP contribution in [-0.4, -0.2) is 41.4 Å². The molecule has 0 bridgehead atoms. The van der Waals surface area contributed by atoms with Crippen molar-refractivity contribution >= 4 is 43.0 Å². The molecule has 5 rings (SSSR count). The zero-order valence-electron chi connectivity index (χ0n) is 24.2. The Morgan fingerprint density at radius 3 is 1.69 bits per heavy atom. The van der Waals surface area contributed by atoms with Crippen molar-refractivity contribution in [2.24, 2.45) is 0 Å². The lowest BCUT2D eigenvalue weighted by Crippen LogP contribution is -2.43. The standard InChI is InChI=1S/C33H29Cl2O9P/c1-22-13-17-24(18-14-22)30(36)39-21-28-29(41-31(37)25-19-15-23(2)16-20-25)33(34,35)32(40-28)44-45(38,42-26-9-5-3-6-10-26)43-27-11-7-4-8-12-27/h3-20,28-29,32H,21H2,1-2H3/t28-,29+,32?/m0/s1. The highest BCUT2D eigenvalue weighted by Gasteiger charge is 2.61. The Bertz CT molecular complexity index is 1600. The summed E-state index contributed by atoms with van der Waals surface area (Å²) in [5.74, 6) is -1.10. The van der Waals surface area contributed by atoms with Gasteiger partial charge in [0.15, 0.2) is 6.10 Å². The Morgan fingerprint density at radius 1 is 0.733 bits per heavy atom. The number of rotatable bonds is 11. The topological polar surface area (TPSA) is 107 Å². The van der Waals surface area contributed by atoms with E-state index in [9.17, 15) is 14.2 Å². The smallest absolute Gasteiger partial charge is 0.459 e. The third-order valence-electron chi connectivity index (χ3n) is 6.66. The second-order valence-corrected chi connectivity index (χ2v) is 13.1. The van der Waals surface area contributed by atoms with Gasteiger partial charge in [-0.1, -0.05) is 95.0 Å². The number of halogens is 2. The highest BCUT2D eigenvalue weighted by molar-refractivity contribution is 7.49. The van der Waals surface area contributed by atoms with Crippen molar-refractivity contribution in [1.82, 2.24) is 0 Å². The quantitative estimate of drug-likeness (QED) is 0.0895. The van der Waals surface area contributed by atoms with E-state index in [2.05, 4.69) is 0 Å². The molecule has 1 saturated heterocycles. The first-order valence-electron chi connectivity index (χ1n) is 13.8. The van der Waals surface area contributed by atoms with E-state index in [0.717, 1.165) is 11.1 Å². The largest absolute Gasteiger partial charge is 0.590 e.